The molecular formula is C20H28N4O2. The van der Waals surface area contributed by atoms with Crippen molar-refractivity contribution < 1.29 is 9.21 Å². The monoisotopic (exact) mass is 356 g/mol. The number of aromatic amines is 1. The summed E-state index contributed by atoms with van der Waals surface area (Å²) in [6.45, 7) is 7.86. The van der Waals surface area contributed by atoms with Gasteiger partial charge in [0.2, 0.25) is 5.91 Å². The van der Waals surface area contributed by atoms with Crippen LogP contribution in [0, 0.1) is 19.8 Å². The van der Waals surface area contributed by atoms with E-state index in [9.17, 15) is 4.79 Å². The van der Waals surface area contributed by atoms with E-state index in [1.165, 1.54) is 5.56 Å². The van der Waals surface area contributed by atoms with Crippen LogP contribution in [0.2, 0.25) is 0 Å². The van der Waals surface area contributed by atoms with Crippen LogP contribution in [0.3, 0.4) is 0 Å². The molecule has 0 aliphatic carbocycles. The standard InChI is InChI=1S/C20H28N4O2/c1-14-9-18(26-15(14)2)12-23-7-6-19-16(11-23)3-4-20(25)24(19)8-5-17-10-21-13-22-17/h9-10,13,16,19H,3-8,11-12H2,1-2H3,(H,21,22)/t16-,19+/m0/s1. The summed E-state index contributed by atoms with van der Waals surface area (Å²) in [7, 11) is 0. The third kappa shape index (κ3) is 3.56. The van der Waals surface area contributed by atoms with E-state index in [0.717, 1.165) is 62.7 Å². The molecule has 2 aliphatic rings. The lowest BCUT2D eigenvalue weighted by atomic mass is 9.83. The molecule has 2 saturated heterocycles. The molecule has 140 valence electrons. The predicted octanol–water partition coefficient (Wildman–Crippen LogP) is 2.68. The average Bonchev–Trinajstić information content (AvgIpc) is 3.24. The molecule has 0 aromatic carbocycles. The molecule has 1 amide bonds. The second kappa shape index (κ2) is 7.27. The Morgan fingerprint density at radius 3 is 2.96 bits per heavy atom. The van der Waals surface area contributed by atoms with Crippen LogP contribution in [-0.2, 0) is 17.8 Å². The summed E-state index contributed by atoms with van der Waals surface area (Å²) in [6, 6.07) is 2.54. The van der Waals surface area contributed by atoms with Crippen molar-refractivity contribution >= 4 is 5.91 Å². The van der Waals surface area contributed by atoms with Gasteiger partial charge < -0.3 is 14.3 Å². The summed E-state index contributed by atoms with van der Waals surface area (Å²) in [4.78, 5) is 24.3. The van der Waals surface area contributed by atoms with Gasteiger partial charge in [-0.2, -0.15) is 0 Å². The summed E-state index contributed by atoms with van der Waals surface area (Å²) < 4.78 is 5.86. The van der Waals surface area contributed by atoms with E-state index in [2.05, 4.69) is 32.8 Å². The second-order valence-corrected chi connectivity index (χ2v) is 7.76. The normalized spacial score (nSPS) is 24.1. The highest BCUT2D eigenvalue weighted by Gasteiger charge is 2.39. The smallest absolute Gasteiger partial charge is 0.222 e. The first-order chi connectivity index (χ1) is 12.6. The van der Waals surface area contributed by atoms with E-state index in [4.69, 9.17) is 4.42 Å². The van der Waals surface area contributed by atoms with Gasteiger partial charge >= 0.3 is 0 Å². The topological polar surface area (TPSA) is 65.4 Å². The Bertz CT molecular complexity index is 732. The van der Waals surface area contributed by atoms with Gasteiger partial charge in [-0.3, -0.25) is 9.69 Å². The van der Waals surface area contributed by atoms with Crippen molar-refractivity contribution in [3.8, 4) is 0 Å². The third-order valence-corrected chi connectivity index (χ3v) is 6.00. The van der Waals surface area contributed by atoms with E-state index in [1.807, 2.05) is 13.1 Å². The number of nitrogens with zero attached hydrogens (tertiary/aromatic N) is 3. The van der Waals surface area contributed by atoms with Crippen LogP contribution in [0.5, 0.6) is 0 Å². The quantitative estimate of drug-likeness (QED) is 0.894. The number of fused-ring (bicyclic) bond motifs is 1. The Balaban J connectivity index is 1.37. The summed E-state index contributed by atoms with van der Waals surface area (Å²) >= 11 is 0. The molecule has 6 nitrogen and oxygen atoms in total. The first-order valence-electron chi connectivity index (χ1n) is 9.65. The zero-order chi connectivity index (χ0) is 18.1. The fourth-order valence-electron chi connectivity index (χ4n) is 4.47. The van der Waals surface area contributed by atoms with E-state index in [0.29, 0.717) is 24.3 Å². The highest BCUT2D eigenvalue weighted by Crippen LogP contribution is 2.32. The number of amides is 1. The van der Waals surface area contributed by atoms with Crippen LogP contribution in [0.25, 0.3) is 0 Å². The molecule has 6 heteroatoms. The van der Waals surface area contributed by atoms with Crippen LogP contribution < -0.4 is 0 Å². The molecule has 2 aromatic rings. The minimum atomic E-state index is 0.316. The maximum absolute atomic E-state index is 12.5. The number of hydrogen-bond acceptors (Lipinski definition) is 4. The summed E-state index contributed by atoms with van der Waals surface area (Å²) in [5.74, 6) is 2.96. The average molecular weight is 356 g/mol. The van der Waals surface area contributed by atoms with Gasteiger partial charge in [0, 0.05) is 50.4 Å². The third-order valence-electron chi connectivity index (χ3n) is 6.00. The van der Waals surface area contributed by atoms with Crippen LogP contribution in [0.15, 0.2) is 23.0 Å². The maximum atomic E-state index is 12.5. The van der Waals surface area contributed by atoms with Gasteiger partial charge in [0.05, 0.1) is 12.9 Å². The van der Waals surface area contributed by atoms with Crippen LogP contribution >= 0.6 is 0 Å². The molecular weight excluding hydrogens is 328 g/mol. The highest BCUT2D eigenvalue weighted by molar-refractivity contribution is 5.77. The molecule has 4 rings (SSSR count). The van der Waals surface area contributed by atoms with E-state index in [1.54, 1.807) is 6.33 Å². The number of H-pyrrole nitrogens is 1. The van der Waals surface area contributed by atoms with E-state index < -0.39 is 0 Å². The van der Waals surface area contributed by atoms with E-state index >= 15 is 0 Å². The molecule has 0 unspecified atom stereocenters. The molecule has 1 N–H and O–H groups in total. The van der Waals surface area contributed by atoms with Crippen LogP contribution in [-0.4, -0.2) is 51.4 Å². The first-order valence-corrected chi connectivity index (χ1v) is 9.65. The molecule has 0 spiro atoms. The summed E-state index contributed by atoms with van der Waals surface area (Å²) in [5.41, 5.74) is 2.32. The van der Waals surface area contributed by atoms with Gasteiger partial charge in [-0.15, -0.1) is 0 Å². The van der Waals surface area contributed by atoms with Gasteiger partial charge in [-0.1, -0.05) is 0 Å². The Morgan fingerprint density at radius 2 is 2.23 bits per heavy atom. The minimum Gasteiger partial charge on any atom is -0.465 e. The highest BCUT2D eigenvalue weighted by atomic mass is 16.3. The van der Waals surface area contributed by atoms with Gasteiger partial charge in [0.1, 0.15) is 11.5 Å². The van der Waals surface area contributed by atoms with Crippen molar-refractivity contribution in [1.29, 1.82) is 0 Å². The number of nitrogens with one attached hydrogen (secondary N) is 1. The molecule has 2 aromatic heterocycles. The van der Waals surface area contributed by atoms with Gasteiger partial charge in [0.25, 0.3) is 0 Å². The number of hydrogen-bond donors (Lipinski definition) is 1. The van der Waals surface area contributed by atoms with Crippen molar-refractivity contribution in [2.45, 2.75) is 52.1 Å². The molecule has 4 heterocycles. The zero-order valence-corrected chi connectivity index (χ0v) is 15.7. The molecule has 2 fully saturated rings. The van der Waals surface area contributed by atoms with Crippen molar-refractivity contribution in [1.82, 2.24) is 19.8 Å². The minimum absolute atomic E-state index is 0.316. The van der Waals surface area contributed by atoms with Crippen molar-refractivity contribution in [2.24, 2.45) is 5.92 Å². The number of likely N-dealkylation sites (tertiary alicyclic amines) is 2. The number of piperidine rings is 2. The number of carbonyl (C=O) groups excluding carboxylic acids is 1. The second-order valence-electron chi connectivity index (χ2n) is 7.76. The summed E-state index contributed by atoms with van der Waals surface area (Å²) in [6.07, 6.45) is 7.14. The Morgan fingerprint density at radius 1 is 1.35 bits per heavy atom. The molecule has 0 saturated carbocycles. The first kappa shape index (κ1) is 17.3. The van der Waals surface area contributed by atoms with Gasteiger partial charge in [0.15, 0.2) is 0 Å². The Kier molecular flexibility index (Phi) is 4.85. The molecule has 2 atom stereocenters. The fourth-order valence-corrected chi connectivity index (χ4v) is 4.47. The van der Waals surface area contributed by atoms with Crippen LogP contribution in [0.4, 0.5) is 0 Å². The molecule has 2 aliphatic heterocycles. The van der Waals surface area contributed by atoms with Crippen molar-refractivity contribution in [3.05, 3.63) is 41.4 Å². The molecule has 0 radical (unpaired) electrons. The molecule has 26 heavy (non-hydrogen) atoms. The molecule has 0 bridgehead atoms. The lowest BCUT2D eigenvalue weighted by molar-refractivity contribution is -0.141. The number of imidazole rings is 1. The lowest BCUT2D eigenvalue weighted by Gasteiger charge is -2.47. The Hall–Kier alpha value is -2.08. The lowest BCUT2D eigenvalue weighted by Crippen LogP contribution is -2.56. The Labute approximate surface area is 154 Å². The van der Waals surface area contributed by atoms with Gasteiger partial charge in [-0.05, 0) is 44.2 Å². The fraction of sp³-hybridized carbons (Fsp3) is 0.600. The van der Waals surface area contributed by atoms with Gasteiger partial charge in [-0.25, -0.2) is 4.98 Å². The van der Waals surface area contributed by atoms with Crippen molar-refractivity contribution in [2.75, 3.05) is 19.6 Å². The largest absolute Gasteiger partial charge is 0.465 e. The predicted molar refractivity (Wildman–Crippen MR) is 98.6 cm³/mol. The SMILES string of the molecule is Cc1cc(CN2CC[C@@H]3[C@@H](CCC(=O)N3CCc3cnc[nH]3)C2)oc1C. The van der Waals surface area contributed by atoms with Crippen molar-refractivity contribution in [3.63, 3.8) is 0 Å². The van der Waals surface area contributed by atoms with E-state index in [-0.39, 0.29) is 0 Å². The number of rotatable bonds is 5. The number of furan rings is 1. The number of aryl methyl sites for hydroxylation is 2. The maximum Gasteiger partial charge on any atom is 0.222 e. The number of carbonyl (C=O) groups is 1. The van der Waals surface area contributed by atoms with Crippen LogP contribution in [0.1, 0.15) is 42.0 Å². The summed E-state index contributed by atoms with van der Waals surface area (Å²) in [5, 5.41) is 0. The zero-order valence-electron chi connectivity index (χ0n) is 15.7. The number of aromatic nitrogens is 2.